The summed E-state index contributed by atoms with van der Waals surface area (Å²) in [7, 11) is 2.90. The van der Waals surface area contributed by atoms with Crippen LogP contribution in [0, 0.1) is 5.92 Å². The van der Waals surface area contributed by atoms with E-state index >= 15 is 0 Å². The highest BCUT2D eigenvalue weighted by molar-refractivity contribution is 5.95. The Kier molecular flexibility index (Phi) is 11.6. The van der Waals surface area contributed by atoms with E-state index in [1.54, 1.807) is 36.3 Å². The van der Waals surface area contributed by atoms with Gasteiger partial charge in [-0.25, -0.2) is 9.86 Å². The minimum atomic E-state index is -0.682. The zero-order valence-electron chi connectivity index (χ0n) is 25.9. The van der Waals surface area contributed by atoms with Crippen molar-refractivity contribution in [1.29, 1.82) is 0 Å². The van der Waals surface area contributed by atoms with Crippen molar-refractivity contribution in [3.63, 3.8) is 0 Å². The quantitative estimate of drug-likeness (QED) is 0.0661. The Bertz CT molecular complexity index is 1410. The lowest BCUT2D eigenvalue weighted by Crippen LogP contribution is -2.45. The predicted octanol–water partition coefficient (Wildman–Crippen LogP) is 6.04. The number of methoxy groups -OCH3 is 1. The molecule has 0 unspecified atom stereocenters. The fourth-order valence-electron chi connectivity index (χ4n) is 4.95. The van der Waals surface area contributed by atoms with Crippen molar-refractivity contribution < 1.29 is 29.1 Å². The summed E-state index contributed by atoms with van der Waals surface area (Å²) in [5.74, 6) is -0.409. The summed E-state index contributed by atoms with van der Waals surface area (Å²) in [6, 6.07) is 13.7. The first-order valence-electron chi connectivity index (χ1n) is 14.2. The lowest BCUT2D eigenvalue weighted by molar-refractivity contribution is -0.155. The molecule has 2 aromatic rings. The molecule has 1 N–H and O–H groups in total. The molecule has 1 aliphatic rings. The van der Waals surface area contributed by atoms with Crippen molar-refractivity contribution in [2.24, 2.45) is 11.0 Å². The van der Waals surface area contributed by atoms with E-state index in [0.717, 1.165) is 16.8 Å². The summed E-state index contributed by atoms with van der Waals surface area (Å²) in [5, 5.41) is 13.4. The second-order valence-corrected chi connectivity index (χ2v) is 11.5. The summed E-state index contributed by atoms with van der Waals surface area (Å²) < 4.78 is 11.0. The summed E-state index contributed by atoms with van der Waals surface area (Å²) in [6.07, 6.45) is 3.11. The number of azide groups is 1. The topological polar surface area (TPSA) is 148 Å². The van der Waals surface area contributed by atoms with Gasteiger partial charge in [0.05, 0.1) is 7.11 Å². The molecule has 0 aliphatic carbocycles. The molecule has 2 aromatic carbocycles. The molecular weight excluding hydrogens is 564 g/mol. The molecule has 1 saturated heterocycles. The monoisotopic (exact) mass is 604 g/mol. The van der Waals surface area contributed by atoms with Gasteiger partial charge in [-0.3, -0.25) is 14.8 Å². The highest BCUT2D eigenvalue weighted by Crippen LogP contribution is 2.32. The second kappa shape index (κ2) is 15.1. The maximum Gasteiger partial charge on any atom is 0.343 e. The molecule has 0 aromatic heterocycles. The minimum absolute atomic E-state index is 0.0272. The van der Waals surface area contributed by atoms with Crippen molar-refractivity contribution in [1.82, 2.24) is 14.9 Å². The van der Waals surface area contributed by atoms with Gasteiger partial charge in [0, 0.05) is 48.8 Å². The number of urea groups is 1. The highest BCUT2D eigenvalue weighted by atomic mass is 16.6. The molecule has 3 amide bonds. The van der Waals surface area contributed by atoms with Crippen molar-refractivity contribution in [3.05, 3.63) is 94.0 Å². The molecule has 1 aliphatic heterocycles. The SMILES string of the molecule is C=C(/C=C(/C1CCN(C(=O)N(C)O)CC1)N(CC(=O)OC(C)(C)C)Cc1ccc(OC)cc1)c1ccc(C(=O)N=[N+]=[N-])cc1. The molecule has 12 heteroatoms. The molecule has 1 heterocycles. The molecule has 1 fully saturated rings. The van der Waals surface area contributed by atoms with E-state index in [4.69, 9.17) is 15.0 Å². The number of carbonyl (C=O) groups is 3. The van der Waals surface area contributed by atoms with Gasteiger partial charge >= 0.3 is 12.0 Å². The van der Waals surface area contributed by atoms with E-state index in [9.17, 15) is 19.6 Å². The average Bonchev–Trinajstić information content (AvgIpc) is 2.98. The second-order valence-electron chi connectivity index (χ2n) is 11.5. The minimum Gasteiger partial charge on any atom is -0.497 e. The molecular formula is C32H40N6O6. The third-order valence-corrected chi connectivity index (χ3v) is 7.06. The smallest absolute Gasteiger partial charge is 0.343 e. The number of hydroxylamine groups is 2. The van der Waals surface area contributed by atoms with Crippen LogP contribution in [0.25, 0.3) is 16.0 Å². The first-order valence-corrected chi connectivity index (χ1v) is 14.2. The summed E-state index contributed by atoms with van der Waals surface area (Å²) in [6.45, 7) is 10.9. The Morgan fingerprint density at radius 1 is 1.09 bits per heavy atom. The number of esters is 1. The van der Waals surface area contributed by atoms with Crippen LogP contribution in [-0.2, 0) is 16.1 Å². The number of likely N-dealkylation sites (tertiary alicyclic amines) is 1. The first kappa shape index (κ1) is 33.7. The van der Waals surface area contributed by atoms with Gasteiger partial charge in [-0.15, -0.1) is 0 Å². The molecule has 0 atom stereocenters. The lowest BCUT2D eigenvalue weighted by atomic mass is 9.90. The van der Waals surface area contributed by atoms with Gasteiger partial charge in [0.1, 0.15) is 17.9 Å². The number of piperidine rings is 1. The molecule has 12 nitrogen and oxygen atoms in total. The van der Waals surface area contributed by atoms with Crippen molar-refractivity contribution in [2.75, 3.05) is 33.8 Å². The molecule has 0 radical (unpaired) electrons. The highest BCUT2D eigenvalue weighted by Gasteiger charge is 2.30. The molecule has 234 valence electrons. The zero-order valence-corrected chi connectivity index (χ0v) is 25.9. The van der Waals surface area contributed by atoms with E-state index < -0.39 is 23.5 Å². The number of hydrogen-bond donors (Lipinski definition) is 1. The van der Waals surface area contributed by atoms with Crippen LogP contribution in [0.5, 0.6) is 5.75 Å². The van der Waals surface area contributed by atoms with Crippen LogP contribution in [0.4, 0.5) is 4.79 Å². The van der Waals surface area contributed by atoms with E-state index in [0.29, 0.717) is 48.9 Å². The average molecular weight is 605 g/mol. The maximum absolute atomic E-state index is 13.2. The third kappa shape index (κ3) is 9.62. The Morgan fingerprint density at radius 3 is 2.20 bits per heavy atom. The van der Waals surface area contributed by atoms with Crippen molar-refractivity contribution in [3.8, 4) is 5.75 Å². The predicted molar refractivity (Wildman–Crippen MR) is 166 cm³/mol. The molecule has 44 heavy (non-hydrogen) atoms. The zero-order chi connectivity index (χ0) is 32.4. The van der Waals surface area contributed by atoms with Gasteiger partial charge in [0.25, 0.3) is 0 Å². The van der Waals surface area contributed by atoms with Gasteiger partial charge in [-0.05, 0) is 79.2 Å². The van der Waals surface area contributed by atoms with E-state index in [1.165, 1.54) is 7.05 Å². The Hall–Kier alpha value is -4.80. The number of amides is 3. The summed E-state index contributed by atoms with van der Waals surface area (Å²) in [5.41, 5.74) is 11.3. The number of nitrogens with zero attached hydrogens (tertiary/aromatic N) is 6. The molecule has 0 saturated carbocycles. The number of hydrogen-bond acceptors (Lipinski definition) is 7. The van der Waals surface area contributed by atoms with E-state index in [-0.39, 0.29) is 18.0 Å². The van der Waals surface area contributed by atoms with E-state index in [1.807, 2.05) is 56.0 Å². The third-order valence-electron chi connectivity index (χ3n) is 7.06. The van der Waals surface area contributed by atoms with Gasteiger partial charge in [0.2, 0.25) is 5.91 Å². The largest absolute Gasteiger partial charge is 0.497 e. The lowest BCUT2D eigenvalue weighted by Gasteiger charge is -2.38. The van der Waals surface area contributed by atoms with Gasteiger partial charge in [-0.1, -0.05) is 43.0 Å². The summed E-state index contributed by atoms with van der Waals surface area (Å²) >= 11 is 0. The number of allylic oxidation sites excluding steroid dienone is 3. The Balaban J connectivity index is 2.02. The number of carbonyl (C=O) groups excluding carboxylic acids is 3. The normalized spacial score (nSPS) is 13.9. The van der Waals surface area contributed by atoms with E-state index in [2.05, 4.69) is 16.6 Å². The van der Waals surface area contributed by atoms with Crippen LogP contribution in [0.2, 0.25) is 0 Å². The van der Waals surface area contributed by atoms with Crippen LogP contribution < -0.4 is 4.74 Å². The van der Waals surface area contributed by atoms with Gasteiger partial charge in [-0.2, -0.15) is 0 Å². The van der Waals surface area contributed by atoms with Gasteiger partial charge in [0.15, 0.2) is 0 Å². The first-order chi connectivity index (χ1) is 20.8. The summed E-state index contributed by atoms with van der Waals surface area (Å²) in [4.78, 5) is 43.7. The standard InChI is InChI=1S/C32H40N6O6/c1-22(24-9-11-26(12-10-24)30(40)34-35-33)19-28(25-15-17-37(18-16-25)31(41)36(5)42)38(21-29(39)44-32(2,3)4)20-23-7-13-27(43-6)14-8-23/h7-14,19,25,42H,1,15-18,20-21H2,2-6H3/b28-19-. The van der Waals surface area contributed by atoms with Crippen molar-refractivity contribution in [2.45, 2.75) is 45.8 Å². The van der Waals surface area contributed by atoms with Crippen molar-refractivity contribution >= 4 is 23.5 Å². The fraction of sp³-hybridized carbons (Fsp3) is 0.406. The van der Waals surface area contributed by atoms with Crippen LogP contribution in [0.3, 0.4) is 0 Å². The maximum atomic E-state index is 13.2. The Morgan fingerprint density at radius 2 is 1.68 bits per heavy atom. The fourth-order valence-corrected chi connectivity index (χ4v) is 4.95. The van der Waals surface area contributed by atoms with Gasteiger partial charge < -0.3 is 19.3 Å². The molecule has 0 spiro atoms. The molecule has 3 rings (SSSR count). The number of ether oxygens (including phenoxy) is 2. The van der Waals surface area contributed by atoms with Crippen LogP contribution >= 0.6 is 0 Å². The molecule has 0 bridgehead atoms. The Labute approximate surface area is 257 Å². The van der Waals surface area contributed by atoms with Crippen LogP contribution in [0.15, 0.2) is 72.0 Å². The number of rotatable bonds is 10. The van der Waals surface area contributed by atoms with Crippen LogP contribution in [0.1, 0.15) is 55.1 Å². The van der Waals surface area contributed by atoms with Crippen LogP contribution in [-0.4, -0.2) is 77.4 Å². The number of benzene rings is 2.